The largest absolute Gasteiger partial charge is 0.325 e. The van der Waals surface area contributed by atoms with Crippen molar-refractivity contribution in [2.45, 2.75) is 33.1 Å². The number of carbonyl (C=O) groups is 1. The van der Waals surface area contributed by atoms with Gasteiger partial charge in [-0.05, 0) is 68.2 Å². The molecule has 0 aliphatic heterocycles. The van der Waals surface area contributed by atoms with Crippen molar-refractivity contribution >= 4 is 27.5 Å². The van der Waals surface area contributed by atoms with Gasteiger partial charge in [-0.3, -0.25) is 4.79 Å². The molecule has 1 aromatic rings. The van der Waals surface area contributed by atoms with Crippen LogP contribution in [0.15, 0.2) is 16.6 Å². The van der Waals surface area contributed by atoms with Crippen molar-refractivity contribution in [3.8, 4) is 0 Å². The number of amides is 1. The van der Waals surface area contributed by atoms with Gasteiger partial charge in [0.1, 0.15) is 0 Å². The van der Waals surface area contributed by atoms with Crippen LogP contribution in [-0.4, -0.2) is 5.91 Å². The molecule has 2 aliphatic carbocycles. The standard InChI is InChI=1S/C15H18BrNO/c1-8-3-13(16)4-9(2)14(8)17-15(18)12-6-10-5-11(10)7-12/h3-4,10-12H,5-7H2,1-2H3,(H,17,18). The molecule has 0 radical (unpaired) electrons. The van der Waals surface area contributed by atoms with Crippen LogP contribution < -0.4 is 5.32 Å². The molecule has 1 amide bonds. The molecule has 0 heterocycles. The minimum Gasteiger partial charge on any atom is -0.325 e. The van der Waals surface area contributed by atoms with Gasteiger partial charge in [-0.2, -0.15) is 0 Å². The van der Waals surface area contributed by atoms with E-state index in [0.29, 0.717) is 0 Å². The predicted octanol–water partition coefficient (Wildman–Crippen LogP) is 4.05. The third kappa shape index (κ3) is 2.20. The van der Waals surface area contributed by atoms with Gasteiger partial charge in [-0.1, -0.05) is 15.9 Å². The van der Waals surface area contributed by atoms with E-state index in [2.05, 4.69) is 33.4 Å². The highest BCUT2D eigenvalue weighted by atomic mass is 79.9. The Bertz CT molecular complexity index is 478. The molecule has 0 aromatic heterocycles. The lowest BCUT2D eigenvalue weighted by Gasteiger charge is -2.16. The van der Waals surface area contributed by atoms with Gasteiger partial charge in [0.25, 0.3) is 0 Å². The summed E-state index contributed by atoms with van der Waals surface area (Å²) in [7, 11) is 0. The van der Waals surface area contributed by atoms with Gasteiger partial charge in [-0.25, -0.2) is 0 Å². The number of hydrogen-bond acceptors (Lipinski definition) is 1. The second-order valence-corrected chi connectivity index (χ2v) is 6.74. The quantitative estimate of drug-likeness (QED) is 0.877. The van der Waals surface area contributed by atoms with Crippen molar-refractivity contribution in [3.63, 3.8) is 0 Å². The summed E-state index contributed by atoms with van der Waals surface area (Å²) in [6.07, 6.45) is 3.57. The van der Waals surface area contributed by atoms with E-state index in [-0.39, 0.29) is 11.8 Å². The molecule has 2 saturated carbocycles. The number of benzene rings is 1. The van der Waals surface area contributed by atoms with Crippen molar-refractivity contribution in [2.75, 3.05) is 5.32 Å². The van der Waals surface area contributed by atoms with E-state index in [9.17, 15) is 4.79 Å². The fourth-order valence-electron chi connectivity index (χ4n) is 3.26. The first-order valence-corrected chi connectivity index (χ1v) is 7.41. The lowest BCUT2D eigenvalue weighted by molar-refractivity contribution is -0.120. The lowest BCUT2D eigenvalue weighted by atomic mass is 10.0. The normalized spacial score (nSPS) is 28.9. The number of hydrogen-bond donors (Lipinski definition) is 1. The van der Waals surface area contributed by atoms with Crippen molar-refractivity contribution < 1.29 is 4.79 Å². The summed E-state index contributed by atoms with van der Waals surface area (Å²) >= 11 is 3.48. The molecule has 2 unspecified atom stereocenters. The van der Waals surface area contributed by atoms with E-state index in [1.807, 2.05) is 13.8 Å². The molecule has 18 heavy (non-hydrogen) atoms. The van der Waals surface area contributed by atoms with Gasteiger partial charge in [-0.15, -0.1) is 0 Å². The zero-order chi connectivity index (χ0) is 12.9. The minimum atomic E-state index is 0.218. The molecule has 0 saturated heterocycles. The van der Waals surface area contributed by atoms with Crippen LogP contribution >= 0.6 is 15.9 Å². The summed E-state index contributed by atoms with van der Waals surface area (Å²) in [6.45, 7) is 4.08. The van der Waals surface area contributed by atoms with Crippen LogP contribution in [0.2, 0.25) is 0 Å². The van der Waals surface area contributed by atoms with Crippen LogP contribution in [0.1, 0.15) is 30.4 Å². The SMILES string of the molecule is Cc1cc(Br)cc(C)c1NC(=O)C1CC2CC2C1. The third-order valence-electron chi connectivity index (χ3n) is 4.36. The number of nitrogens with one attached hydrogen (secondary N) is 1. The monoisotopic (exact) mass is 307 g/mol. The first-order chi connectivity index (χ1) is 8.54. The average Bonchev–Trinajstić information content (AvgIpc) is 2.90. The maximum Gasteiger partial charge on any atom is 0.227 e. The van der Waals surface area contributed by atoms with Crippen LogP contribution in [0.4, 0.5) is 5.69 Å². The van der Waals surface area contributed by atoms with E-state index in [1.165, 1.54) is 6.42 Å². The van der Waals surface area contributed by atoms with Crippen molar-refractivity contribution in [2.24, 2.45) is 17.8 Å². The molecule has 3 rings (SSSR count). The molecule has 2 atom stereocenters. The van der Waals surface area contributed by atoms with Crippen LogP contribution in [0, 0.1) is 31.6 Å². The van der Waals surface area contributed by atoms with Gasteiger partial charge in [0, 0.05) is 16.1 Å². The van der Waals surface area contributed by atoms with Gasteiger partial charge >= 0.3 is 0 Å². The Morgan fingerprint density at radius 1 is 1.17 bits per heavy atom. The number of halogens is 1. The zero-order valence-electron chi connectivity index (χ0n) is 10.8. The molecular weight excluding hydrogens is 290 g/mol. The molecule has 2 fully saturated rings. The molecule has 1 N–H and O–H groups in total. The highest BCUT2D eigenvalue weighted by Crippen LogP contribution is 2.54. The summed E-state index contributed by atoms with van der Waals surface area (Å²) < 4.78 is 1.07. The fraction of sp³-hybridized carbons (Fsp3) is 0.533. The second-order valence-electron chi connectivity index (χ2n) is 5.83. The summed E-state index contributed by atoms with van der Waals surface area (Å²) in [5, 5.41) is 3.13. The van der Waals surface area contributed by atoms with Gasteiger partial charge in [0.2, 0.25) is 5.91 Å². The Labute approximate surface area is 116 Å². The minimum absolute atomic E-state index is 0.218. The van der Waals surface area contributed by atoms with Gasteiger partial charge in [0.05, 0.1) is 0 Å². The van der Waals surface area contributed by atoms with Crippen LogP contribution in [0.5, 0.6) is 0 Å². The van der Waals surface area contributed by atoms with E-state index < -0.39 is 0 Å². The second kappa shape index (κ2) is 4.37. The summed E-state index contributed by atoms with van der Waals surface area (Å²) in [4.78, 5) is 12.2. The smallest absolute Gasteiger partial charge is 0.227 e. The van der Waals surface area contributed by atoms with Crippen molar-refractivity contribution in [3.05, 3.63) is 27.7 Å². The Kier molecular flexibility index (Phi) is 2.97. The maximum absolute atomic E-state index is 12.2. The van der Waals surface area contributed by atoms with Crippen LogP contribution in [0.3, 0.4) is 0 Å². The van der Waals surface area contributed by atoms with Crippen molar-refractivity contribution in [1.29, 1.82) is 0 Å². The average molecular weight is 308 g/mol. The highest BCUT2D eigenvalue weighted by molar-refractivity contribution is 9.10. The van der Waals surface area contributed by atoms with E-state index in [1.54, 1.807) is 0 Å². The topological polar surface area (TPSA) is 29.1 Å². The van der Waals surface area contributed by atoms with Gasteiger partial charge < -0.3 is 5.32 Å². The van der Waals surface area contributed by atoms with E-state index in [0.717, 1.165) is 46.0 Å². The summed E-state index contributed by atoms with van der Waals surface area (Å²) in [5.41, 5.74) is 3.24. The molecule has 96 valence electrons. The molecule has 0 spiro atoms. The number of rotatable bonds is 2. The molecule has 2 aliphatic rings. The van der Waals surface area contributed by atoms with E-state index >= 15 is 0 Å². The Balaban J connectivity index is 1.74. The third-order valence-corrected chi connectivity index (χ3v) is 4.82. The first kappa shape index (κ1) is 12.2. The summed E-state index contributed by atoms with van der Waals surface area (Å²) in [5.74, 6) is 2.17. The van der Waals surface area contributed by atoms with Crippen LogP contribution in [-0.2, 0) is 4.79 Å². The van der Waals surface area contributed by atoms with E-state index in [4.69, 9.17) is 0 Å². The maximum atomic E-state index is 12.2. The lowest BCUT2D eigenvalue weighted by Crippen LogP contribution is -2.22. The van der Waals surface area contributed by atoms with Crippen LogP contribution in [0.25, 0.3) is 0 Å². The molecule has 1 aromatic carbocycles. The predicted molar refractivity (Wildman–Crippen MR) is 76.6 cm³/mol. The molecule has 0 bridgehead atoms. The number of anilines is 1. The first-order valence-electron chi connectivity index (χ1n) is 6.62. The molecular formula is C15H18BrNO. The molecule has 2 nitrogen and oxygen atoms in total. The van der Waals surface area contributed by atoms with Crippen molar-refractivity contribution in [1.82, 2.24) is 0 Å². The number of carbonyl (C=O) groups excluding carboxylic acids is 1. The number of aryl methyl sites for hydroxylation is 2. The fourth-order valence-corrected chi connectivity index (χ4v) is 3.95. The number of fused-ring (bicyclic) bond motifs is 1. The Morgan fingerprint density at radius 3 is 2.28 bits per heavy atom. The summed E-state index contributed by atoms with van der Waals surface area (Å²) in [6, 6.07) is 4.10. The molecule has 3 heteroatoms. The Hall–Kier alpha value is -0.830. The highest BCUT2D eigenvalue weighted by Gasteiger charge is 2.48. The zero-order valence-corrected chi connectivity index (χ0v) is 12.4. The van der Waals surface area contributed by atoms with Gasteiger partial charge in [0.15, 0.2) is 0 Å². The Morgan fingerprint density at radius 2 is 1.72 bits per heavy atom.